The van der Waals surface area contributed by atoms with Gasteiger partial charge in [0.15, 0.2) is 17.9 Å². The average Bonchev–Trinajstić information content (AvgIpc) is 3.62. The van der Waals surface area contributed by atoms with Crippen LogP contribution in [0, 0.1) is 0 Å². The van der Waals surface area contributed by atoms with Crippen molar-refractivity contribution in [2.24, 2.45) is 55.1 Å². The van der Waals surface area contributed by atoms with Gasteiger partial charge < -0.3 is 76.7 Å². The van der Waals surface area contributed by atoms with Crippen LogP contribution in [0.4, 0.5) is 39.5 Å². The molecular formula is C51H93F9N14O11. The van der Waals surface area contributed by atoms with Gasteiger partial charge in [0.1, 0.15) is 18.1 Å². The third-order valence-corrected chi connectivity index (χ3v) is 11.7. The number of aliphatic carboxylic acids is 3. The summed E-state index contributed by atoms with van der Waals surface area (Å²) in [7, 11) is 0. The maximum Gasteiger partial charge on any atom is 0.490 e. The van der Waals surface area contributed by atoms with Crippen LogP contribution in [0.15, 0.2) is 15.0 Å². The van der Waals surface area contributed by atoms with Gasteiger partial charge in [-0.05, 0) is 44.9 Å². The number of nitrogens with zero attached hydrogens (tertiary/aromatic N) is 3. The highest BCUT2D eigenvalue weighted by atomic mass is 19.4. The molecule has 0 saturated heterocycles. The van der Waals surface area contributed by atoms with Gasteiger partial charge in [0.2, 0.25) is 29.5 Å². The molecule has 496 valence electrons. The summed E-state index contributed by atoms with van der Waals surface area (Å²) in [6.45, 7) is 2.95. The molecule has 0 saturated carbocycles. The summed E-state index contributed by atoms with van der Waals surface area (Å²) in [6.07, 6.45) is 13.7. The monoisotopic (exact) mass is 1250 g/mol. The van der Waals surface area contributed by atoms with Crippen LogP contribution in [0.5, 0.6) is 0 Å². The number of carbonyl (C=O) groups is 8. The van der Waals surface area contributed by atoms with E-state index >= 15 is 0 Å². The minimum Gasteiger partial charge on any atom is -0.475 e. The fourth-order valence-electron chi connectivity index (χ4n) is 7.27. The molecule has 0 fully saturated rings. The summed E-state index contributed by atoms with van der Waals surface area (Å²) >= 11 is 0. The van der Waals surface area contributed by atoms with E-state index in [2.05, 4.69) is 43.2 Å². The number of nitrogens with two attached hydrogens (primary N) is 7. The summed E-state index contributed by atoms with van der Waals surface area (Å²) in [5, 5.41) is 32.2. The van der Waals surface area contributed by atoms with Crippen molar-refractivity contribution in [3.05, 3.63) is 0 Å². The zero-order valence-corrected chi connectivity index (χ0v) is 48.5. The number of rotatable bonds is 43. The number of hydrogen-bond donors (Lipinski definition) is 14. The lowest BCUT2D eigenvalue weighted by Gasteiger charge is -2.25. The van der Waals surface area contributed by atoms with Gasteiger partial charge in [-0.1, -0.05) is 135 Å². The van der Waals surface area contributed by atoms with Crippen molar-refractivity contribution < 1.29 is 93.2 Å². The molecule has 34 heteroatoms. The van der Waals surface area contributed by atoms with E-state index in [4.69, 9.17) is 69.8 Å². The maximum atomic E-state index is 13.6. The number of guanidine groups is 3. The topological polar surface area (TPSA) is 465 Å². The minimum absolute atomic E-state index is 0.0642. The number of amides is 5. The van der Waals surface area contributed by atoms with Crippen LogP contribution in [-0.4, -0.2) is 143 Å². The van der Waals surface area contributed by atoms with E-state index in [0.29, 0.717) is 25.7 Å². The van der Waals surface area contributed by atoms with Crippen LogP contribution >= 0.6 is 0 Å². The Hall–Kier alpha value is -7.06. The lowest BCUT2D eigenvalue weighted by Crippen LogP contribution is -2.56. The van der Waals surface area contributed by atoms with Crippen LogP contribution < -0.4 is 61.4 Å². The van der Waals surface area contributed by atoms with Crippen LogP contribution in [0.2, 0.25) is 0 Å². The summed E-state index contributed by atoms with van der Waals surface area (Å²) in [5.74, 6) is -11.3. The minimum atomic E-state index is -5.08. The lowest BCUT2D eigenvalue weighted by atomic mass is 10.0. The highest BCUT2D eigenvalue weighted by Crippen LogP contribution is 2.17. The molecule has 0 aliphatic carbocycles. The molecule has 5 amide bonds. The molecule has 0 radical (unpaired) electrons. The first-order valence-electron chi connectivity index (χ1n) is 28.1. The molecule has 0 spiro atoms. The van der Waals surface area contributed by atoms with Gasteiger partial charge in [0.05, 0.1) is 0 Å². The first kappa shape index (κ1) is 84.4. The Morgan fingerprint density at radius 3 is 0.906 bits per heavy atom. The summed E-state index contributed by atoms with van der Waals surface area (Å²) in [5.41, 5.74) is 38.0. The van der Waals surface area contributed by atoms with Crippen molar-refractivity contribution in [3.63, 3.8) is 0 Å². The third kappa shape index (κ3) is 59.9. The number of carbonyl (C=O) groups excluding carboxylic acids is 5. The molecule has 0 aliphatic heterocycles. The van der Waals surface area contributed by atoms with Crippen molar-refractivity contribution in [2.45, 2.75) is 230 Å². The van der Waals surface area contributed by atoms with E-state index in [1.54, 1.807) is 0 Å². The number of hydrogen-bond acceptors (Lipinski definition) is 11. The van der Waals surface area contributed by atoms with Gasteiger partial charge in [0, 0.05) is 39.0 Å². The lowest BCUT2D eigenvalue weighted by molar-refractivity contribution is -0.193. The van der Waals surface area contributed by atoms with Crippen LogP contribution in [0.3, 0.4) is 0 Å². The molecule has 0 heterocycles. The molecule has 0 unspecified atom stereocenters. The van der Waals surface area contributed by atoms with E-state index in [-0.39, 0.29) is 75.6 Å². The van der Waals surface area contributed by atoms with Gasteiger partial charge in [-0.15, -0.1) is 0 Å². The normalized spacial score (nSPS) is 12.0. The molecule has 3 atom stereocenters. The summed E-state index contributed by atoms with van der Waals surface area (Å²) < 4.78 is 95.2. The number of unbranched alkanes of at least 4 members (excludes halogenated alkanes) is 20. The molecule has 21 N–H and O–H groups in total. The van der Waals surface area contributed by atoms with Crippen molar-refractivity contribution >= 4 is 65.3 Å². The maximum absolute atomic E-state index is 13.6. The summed E-state index contributed by atoms with van der Waals surface area (Å²) in [6, 6.07) is -3.28. The Labute approximate surface area is 489 Å². The van der Waals surface area contributed by atoms with Gasteiger partial charge in [-0.3, -0.25) is 38.9 Å². The number of alkyl halides is 9. The zero-order valence-electron chi connectivity index (χ0n) is 48.5. The van der Waals surface area contributed by atoms with Gasteiger partial charge in [-0.25, -0.2) is 14.4 Å². The standard InChI is InChI=1S/C45H90N14O5.3C2HF3O2/c1-2-3-4-5-6-7-8-9-10-11-12-13-14-15-16-17-18-19-20-21-22-29-38(60)53-34-30-39(61)57-36(27-24-32-55-44(49)50)41(63)59-37(28-25-33-56-45(51)52)42(64)58-35(40(46)62)26-23-31-54-43(47)48;3*3-2(4,5)1(6)7/h35-37H,2-34H2,1H3,(H2,46,62)(H,53,60)(H,57,61)(H,58,64)(H,59,63)(H4,47,48,54)(H4,49,50,55)(H4,51,52,56);3*(H,6,7)/t35-,36-,37-;;;/m0.../s1. The fourth-order valence-corrected chi connectivity index (χ4v) is 7.27. The number of aliphatic imine (C=N–C) groups is 3. The van der Waals surface area contributed by atoms with E-state index in [1.165, 1.54) is 116 Å². The van der Waals surface area contributed by atoms with Gasteiger partial charge in [-0.2, -0.15) is 39.5 Å². The van der Waals surface area contributed by atoms with Crippen LogP contribution in [0.1, 0.15) is 193 Å². The highest BCUT2D eigenvalue weighted by Gasteiger charge is 2.39. The second-order valence-electron chi connectivity index (χ2n) is 19.3. The first-order chi connectivity index (χ1) is 39.6. The van der Waals surface area contributed by atoms with Gasteiger partial charge in [0.25, 0.3) is 0 Å². The molecular weight excluding hydrogens is 1160 g/mol. The quantitative estimate of drug-likeness (QED) is 0.0163. The largest absolute Gasteiger partial charge is 0.490 e. The van der Waals surface area contributed by atoms with E-state index in [9.17, 15) is 63.5 Å². The highest BCUT2D eigenvalue weighted by molar-refractivity contribution is 5.94. The summed E-state index contributed by atoms with van der Waals surface area (Å²) in [4.78, 5) is 103. The second kappa shape index (κ2) is 51.4. The fraction of sp³-hybridized carbons (Fsp3) is 0.784. The Morgan fingerprint density at radius 1 is 0.376 bits per heavy atom. The molecule has 0 bridgehead atoms. The van der Waals surface area contributed by atoms with Crippen LogP contribution in [0.25, 0.3) is 0 Å². The predicted octanol–water partition coefficient (Wildman–Crippen LogP) is 5.10. The Bertz CT molecular complexity index is 1920. The average molecular weight is 1250 g/mol. The molecule has 25 nitrogen and oxygen atoms in total. The smallest absolute Gasteiger partial charge is 0.475 e. The van der Waals surface area contributed by atoms with Crippen molar-refractivity contribution in [2.75, 3.05) is 26.2 Å². The number of carboxylic acids is 3. The molecule has 0 aromatic carbocycles. The van der Waals surface area contributed by atoms with E-state index in [1.807, 2.05) is 0 Å². The van der Waals surface area contributed by atoms with Crippen molar-refractivity contribution in [3.8, 4) is 0 Å². The number of nitrogens with one attached hydrogen (secondary N) is 4. The zero-order chi connectivity index (χ0) is 65.9. The Kier molecular flexibility index (Phi) is 51.0. The number of primary amides is 1. The van der Waals surface area contributed by atoms with Crippen LogP contribution in [-0.2, 0) is 38.4 Å². The van der Waals surface area contributed by atoms with E-state index in [0.717, 1.165) is 19.3 Å². The predicted molar refractivity (Wildman–Crippen MR) is 301 cm³/mol. The first-order valence-corrected chi connectivity index (χ1v) is 28.1. The van der Waals surface area contributed by atoms with Gasteiger partial charge >= 0.3 is 36.4 Å². The second-order valence-corrected chi connectivity index (χ2v) is 19.3. The molecule has 0 aromatic rings. The van der Waals surface area contributed by atoms with Crippen molar-refractivity contribution in [1.82, 2.24) is 21.3 Å². The SMILES string of the molecule is CCCCCCCCCCCCCCCCCCCCCCCC(=O)NCCC(=O)N[C@@H](CCCN=C(N)N)C(=O)N[C@@H](CCCN=C(N)N)C(=O)N[C@@H](CCCN=C(N)N)C(N)=O.O=C(O)C(F)(F)F.O=C(O)C(F)(F)F.O=C(O)C(F)(F)F. The van der Waals surface area contributed by atoms with E-state index < -0.39 is 78.2 Å². The molecule has 0 aliphatic rings. The third-order valence-electron chi connectivity index (χ3n) is 11.7. The molecule has 0 aromatic heterocycles. The molecule has 0 rings (SSSR count). The number of carboxylic acid groups (broad SMARTS) is 3. The molecule has 85 heavy (non-hydrogen) atoms. The number of halogens is 9. The Morgan fingerprint density at radius 2 is 0.635 bits per heavy atom. The Balaban J connectivity index is -0.00000131. The van der Waals surface area contributed by atoms with Crippen molar-refractivity contribution in [1.29, 1.82) is 0 Å².